The van der Waals surface area contributed by atoms with Crippen LogP contribution in [0.25, 0.3) is 32.8 Å². The van der Waals surface area contributed by atoms with Gasteiger partial charge < -0.3 is 10.4 Å². The van der Waals surface area contributed by atoms with E-state index in [1.807, 2.05) is 54.6 Å². The van der Waals surface area contributed by atoms with Crippen LogP contribution in [0.3, 0.4) is 0 Å². The van der Waals surface area contributed by atoms with Gasteiger partial charge in [0.15, 0.2) is 5.82 Å². The van der Waals surface area contributed by atoms with Crippen molar-refractivity contribution in [1.82, 2.24) is 14.9 Å². The summed E-state index contributed by atoms with van der Waals surface area (Å²) in [6.45, 7) is 4.67. The standard InChI is InChI=1S/C29H28N4O3S/c1-19-15-16-21(17-26(19)37(35,36)33-29(2,3)18-34)27-23-12-6-7-13-24(23)28(32-31-27)30-25-14-8-10-20-9-4-5-11-22(20)25/h4-17,33-34H,18H2,1-3H3,(H,30,32). The lowest BCUT2D eigenvalue weighted by Crippen LogP contribution is -2.46. The zero-order chi connectivity index (χ0) is 26.2. The first kappa shape index (κ1) is 24.8. The number of benzene rings is 4. The second-order valence-corrected chi connectivity index (χ2v) is 11.4. The van der Waals surface area contributed by atoms with Gasteiger partial charge in [0, 0.05) is 27.4 Å². The van der Waals surface area contributed by atoms with Crippen molar-refractivity contribution in [3.63, 3.8) is 0 Å². The Kier molecular flexibility index (Phi) is 6.41. The van der Waals surface area contributed by atoms with E-state index in [0.717, 1.165) is 27.2 Å². The second kappa shape index (κ2) is 9.55. The third-order valence-electron chi connectivity index (χ3n) is 6.29. The summed E-state index contributed by atoms with van der Waals surface area (Å²) in [4.78, 5) is 0.135. The van der Waals surface area contributed by atoms with Crippen LogP contribution in [0.2, 0.25) is 0 Å². The first-order chi connectivity index (χ1) is 17.7. The maximum atomic E-state index is 13.2. The van der Waals surface area contributed by atoms with E-state index in [1.165, 1.54) is 0 Å². The van der Waals surface area contributed by atoms with E-state index >= 15 is 0 Å². The average Bonchev–Trinajstić information content (AvgIpc) is 2.89. The van der Waals surface area contributed by atoms with Gasteiger partial charge in [-0.25, -0.2) is 13.1 Å². The Morgan fingerprint density at radius 1 is 0.838 bits per heavy atom. The highest BCUT2D eigenvalue weighted by Gasteiger charge is 2.27. The van der Waals surface area contributed by atoms with Crippen LogP contribution in [-0.2, 0) is 10.0 Å². The zero-order valence-corrected chi connectivity index (χ0v) is 21.7. The van der Waals surface area contributed by atoms with Crippen LogP contribution >= 0.6 is 0 Å². The third kappa shape index (κ3) is 4.91. The number of hydrogen-bond acceptors (Lipinski definition) is 6. The molecule has 0 fully saturated rings. The van der Waals surface area contributed by atoms with Gasteiger partial charge in [-0.1, -0.05) is 72.8 Å². The number of nitrogens with zero attached hydrogens (tertiary/aromatic N) is 2. The maximum absolute atomic E-state index is 13.2. The molecule has 5 rings (SSSR count). The van der Waals surface area contributed by atoms with Crippen molar-refractivity contribution < 1.29 is 13.5 Å². The summed E-state index contributed by atoms with van der Waals surface area (Å²) >= 11 is 0. The molecule has 0 saturated heterocycles. The van der Waals surface area contributed by atoms with Gasteiger partial charge in [-0.3, -0.25) is 0 Å². The van der Waals surface area contributed by atoms with E-state index in [-0.39, 0.29) is 11.5 Å². The number of sulfonamides is 1. The summed E-state index contributed by atoms with van der Waals surface area (Å²) in [6.07, 6.45) is 0. The fraction of sp³-hybridized carbons (Fsp3) is 0.172. The molecule has 8 heteroatoms. The van der Waals surface area contributed by atoms with Crippen molar-refractivity contribution in [2.45, 2.75) is 31.2 Å². The van der Waals surface area contributed by atoms with Crippen LogP contribution in [0.5, 0.6) is 0 Å². The second-order valence-electron chi connectivity index (χ2n) is 9.72. The average molecular weight is 513 g/mol. The van der Waals surface area contributed by atoms with Gasteiger partial charge in [0.05, 0.1) is 17.0 Å². The van der Waals surface area contributed by atoms with E-state index in [4.69, 9.17) is 0 Å². The smallest absolute Gasteiger partial charge is 0.241 e. The van der Waals surface area contributed by atoms with Gasteiger partial charge in [-0.05, 0) is 43.9 Å². The number of aliphatic hydroxyl groups excluding tert-OH is 1. The monoisotopic (exact) mass is 512 g/mol. The number of fused-ring (bicyclic) bond motifs is 2. The Hall–Kier alpha value is -3.85. The number of aromatic nitrogens is 2. The Labute approximate surface area is 216 Å². The molecule has 188 valence electrons. The largest absolute Gasteiger partial charge is 0.394 e. The Morgan fingerprint density at radius 2 is 1.51 bits per heavy atom. The van der Waals surface area contributed by atoms with E-state index in [2.05, 4.69) is 38.4 Å². The summed E-state index contributed by atoms with van der Waals surface area (Å²) in [5, 5.41) is 26.0. The molecule has 0 aliphatic carbocycles. The van der Waals surface area contributed by atoms with Crippen molar-refractivity contribution in [3.05, 3.63) is 90.5 Å². The fourth-order valence-electron chi connectivity index (χ4n) is 4.36. The lowest BCUT2D eigenvalue weighted by atomic mass is 10.0. The van der Waals surface area contributed by atoms with E-state index < -0.39 is 15.6 Å². The van der Waals surface area contributed by atoms with Gasteiger partial charge in [0.1, 0.15) is 5.69 Å². The van der Waals surface area contributed by atoms with Gasteiger partial charge in [0.2, 0.25) is 10.0 Å². The molecule has 0 aliphatic rings. The van der Waals surface area contributed by atoms with Crippen molar-refractivity contribution in [2.24, 2.45) is 0 Å². The number of nitrogens with one attached hydrogen (secondary N) is 2. The van der Waals surface area contributed by atoms with Gasteiger partial charge in [0.25, 0.3) is 0 Å². The first-order valence-corrected chi connectivity index (χ1v) is 13.4. The van der Waals surface area contributed by atoms with E-state index in [1.54, 1.807) is 32.9 Å². The van der Waals surface area contributed by atoms with Gasteiger partial charge >= 0.3 is 0 Å². The number of aliphatic hydroxyl groups is 1. The zero-order valence-electron chi connectivity index (χ0n) is 20.9. The minimum atomic E-state index is -3.88. The number of aryl methyl sites for hydroxylation is 1. The summed E-state index contributed by atoms with van der Waals surface area (Å²) < 4.78 is 28.9. The van der Waals surface area contributed by atoms with Crippen molar-refractivity contribution in [2.75, 3.05) is 11.9 Å². The predicted molar refractivity (Wildman–Crippen MR) is 148 cm³/mol. The van der Waals surface area contributed by atoms with Crippen LogP contribution in [0.4, 0.5) is 11.5 Å². The van der Waals surface area contributed by atoms with Gasteiger partial charge in [-0.15, -0.1) is 10.2 Å². The Morgan fingerprint density at radius 3 is 2.27 bits per heavy atom. The number of anilines is 2. The summed E-state index contributed by atoms with van der Waals surface area (Å²) in [6, 6.07) is 27.2. The fourth-order valence-corrected chi connectivity index (χ4v) is 6.04. The molecule has 0 spiro atoms. The van der Waals surface area contributed by atoms with Crippen LogP contribution in [0.1, 0.15) is 19.4 Å². The lowest BCUT2D eigenvalue weighted by molar-refractivity contribution is 0.208. The highest BCUT2D eigenvalue weighted by molar-refractivity contribution is 7.89. The molecular weight excluding hydrogens is 484 g/mol. The molecular formula is C29H28N4O3S. The van der Waals surface area contributed by atoms with Crippen molar-refractivity contribution >= 4 is 43.1 Å². The molecule has 0 amide bonds. The summed E-state index contributed by atoms with van der Waals surface area (Å²) in [7, 11) is -3.88. The highest BCUT2D eigenvalue weighted by Crippen LogP contribution is 2.34. The summed E-state index contributed by atoms with van der Waals surface area (Å²) in [5.41, 5.74) is 1.73. The molecule has 0 radical (unpaired) electrons. The molecule has 0 unspecified atom stereocenters. The minimum absolute atomic E-state index is 0.135. The molecule has 0 aliphatic heterocycles. The lowest BCUT2D eigenvalue weighted by Gasteiger charge is -2.24. The quantitative estimate of drug-likeness (QED) is 0.264. The van der Waals surface area contributed by atoms with Gasteiger partial charge in [-0.2, -0.15) is 0 Å². The molecule has 4 aromatic carbocycles. The molecule has 3 N–H and O–H groups in total. The van der Waals surface area contributed by atoms with Crippen LogP contribution in [-0.4, -0.2) is 35.9 Å². The SMILES string of the molecule is Cc1ccc(-c2nnc(Nc3cccc4ccccc34)c3ccccc23)cc1S(=O)(=O)NC(C)(C)CO. The number of hydrogen-bond donors (Lipinski definition) is 3. The molecule has 0 atom stereocenters. The maximum Gasteiger partial charge on any atom is 0.241 e. The highest BCUT2D eigenvalue weighted by atomic mass is 32.2. The molecule has 0 bridgehead atoms. The van der Waals surface area contributed by atoms with Crippen LogP contribution in [0, 0.1) is 6.92 Å². The van der Waals surface area contributed by atoms with Crippen LogP contribution in [0.15, 0.2) is 89.8 Å². The molecule has 5 aromatic rings. The predicted octanol–water partition coefficient (Wildman–Crippen LogP) is 5.55. The molecule has 1 aromatic heterocycles. The Bertz CT molecular complexity index is 1730. The van der Waals surface area contributed by atoms with Crippen molar-refractivity contribution in [3.8, 4) is 11.3 Å². The normalized spacial score (nSPS) is 12.2. The molecule has 7 nitrogen and oxygen atoms in total. The Balaban J connectivity index is 1.60. The molecule has 37 heavy (non-hydrogen) atoms. The number of rotatable bonds is 7. The molecule has 1 heterocycles. The summed E-state index contributed by atoms with van der Waals surface area (Å²) in [5.74, 6) is 0.613. The van der Waals surface area contributed by atoms with Crippen LogP contribution < -0.4 is 10.0 Å². The van der Waals surface area contributed by atoms with E-state index in [0.29, 0.717) is 22.6 Å². The minimum Gasteiger partial charge on any atom is -0.394 e. The third-order valence-corrected chi connectivity index (χ3v) is 8.13. The topological polar surface area (TPSA) is 104 Å². The molecule has 0 saturated carbocycles. The van der Waals surface area contributed by atoms with Crippen molar-refractivity contribution in [1.29, 1.82) is 0 Å². The first-order valence-electron chi connectivity index (χ1n) is 11.9. The van der Waals surface area contributed by atoms with E-state index in [9.17, 15) is 13.5 Å².